The van der Waals surface area contributed by atoms with Crippen molar-refractivity contribution in [2.24, 2.45) is 11.7 Å². The first kappa shape index (κ1) is 28.0. The Morgan fingerprint density at radius 2 is 1.92 bits per heavy atom. The SMILES string of the molecule is Cc1nc(N(Cc2cnn(Cc3ccc(C(F)(F)F)nc3)c2)C(=O)C(N)C(C)C)nc2c1NC(=O)C(C)N2C. The van der Waals surface area contributed by atoms with E-state index in [-0.39, 0.29) is 36.8 Å². The molecule has 3 aromatic rings. The molecule has 0 spiro atoms. The van der Waals surface area contributed by atoms with Gasteiger partial charge in [0.2, 0.25) is 17.8 Å². The topological polar surface area (TPSA) is 135 Å². The van der Waals surface area contributed by atoms with E-state index in [1.54, 1.807) is 38.2 Å². The van der Waals surface area contributed by atoms with E-state index in [2.05, 4.69) is 25.4 Å². The van der Waals surface area contributed by atoms with Gasteiger partial charge in [-0.1, -0.05) is 19.9 Å². The number of alkyl halides is 3. The molecule has 0 fully saturated rings. The standard InChI is InChI=1S/C25H30F3N9O2/c1-13(2)19(29)23(39)37(24-32-14(3)20-21(34-24)35(5)15(4)22(38)33-20)12-17-9-31-36(11-17)10-16-6-7-18(30-8-16)25(26,27)28/h6-9,11,13,15,19H,10,12,29H2,1-5H3,(H,33,38). The summed E-state index contributed by atoms with van der Waals surface area (Å²) in [6, 6.07) is 0.965. The third-order valence-electron chi connectivity index (χ3n) is 6.60. The largest absolute Gasteiger partial charge is 0.433 e. The van der Waals surface area contributed by atoms with Gasteiger partial charge in [0.1, 0.15) is 17.4 Å². The van der Waals surface area contributed by atoms with Gasteiger partial charge in [0.05, 0.1) is 31.0 Å². The summed E-state index contributed by atoms with van der Waals surface area (Å²) in [7, 11) is 1.74. The fraction of sp³-hybridized carbons (Fsp3) is 0.440. The smallest absolute Gasteiger partial charge is 0.346 e. The van der Waals surface area contributed by atoms with Crippen LogP contribution in [0.25, 0.3) is 0 Å². The molecule has 39 heavy (non-hydrogen) atoms. The molecule has 0 bridgehead atoms. The zero-order valence-electron chi connectivity index (χ0n) is 22.2. The maximum atomic E-state index is 13.5. The van der Waals surface area contributed by atoms with Crippen LogP contribution in [0.1, 0.15) is 43.3 Å². The highest BCUT2D eigenvalue weighted by Crippen LogP contribution is 2.33. The minimum absolute atomic E-state index is 0.0500. The molecule has 0 aliphatic carbocycles. The van der Waals surface area contributed by atoms with Crippen LogP contribution in [0.4, 0.5) is 30.6 Å². The number of nitrogens with two attached hydrogens (primary N) is 1. The Balaban J connectivity index is 1.63. The predicted molar refractivity (Wildman–Crippen MR) is 138 cm³/mol. The molecule has 3 N–H and O–H groups in total. The first-order chi connectivity index (χ1) is 18.3. The number of hydrogen-bond acceptors (Lipinski definition) is 8. The molecule has 0 saturated carbocycles. The number of amides is 2. The number of halogens is 3. The lowest BCUT2D eigenvalue weighted by Crippen LogP contribution is -2.48. The highest BCUT2D eigenvalue weighted by atomic mass is 19.4. The van der Waals surface area contributed by atoms with Crippen molar-refractivity contribution in [2.75, 3.05) is 22.2 Å². The number of carbonyl (C=O) groups excluding carboxylic acids is 2. The van der Waals surface area contributed by atoms with E-state index >= 15 is 0 Å². The zero-order valence-corrected chi connectivity index (χ0v) is 22.2. The Hall–Kier alpha value is -4.07. The number of fused-ring (bicyclic) bond motifs is 1. The third-order valence-corrected chi connectivity index (χ3v) is 6.60. The molecule has 0 saturated heterocycles. The van der Waals surface area contributed by atoms with E-state index < -0.39 is 24.0 Å². The third kappa shape index (κ3) is 5.85. The second-order valence-electron chi connectivity index (χ2n) is 9.87. The van der Waals surface area contributed by atoms with Crippen molar-refractivity contribution in [3.8, 4) is 0 Å². The van der Waals surface area contributed by atoms with Gasteiger partial charge in [-0.15, -0.1) is 0 Å². The van der Waals surface area contributed by atoms with Crippen LogP contribution in [-0.2, 0) is 28.9 Å². The summed E-state index contributed by atoms with van der Waals surface area (Å²) in [5.41, 5.74) is 7.38. The number of anilines is 3. The predicted octanol–water partition coefficient (Wildman–Crippen LogP) is 2.74. The molecule has 4 heterocycles. The molecular formula is C25H30F3N9O2. The first-order valence-corrected chi connectivity index (χ1v) is 12.3. The quantitative estimate of drug-likeness (QED) is 0.463. The molecule has 1 aliphatic rings. The first-order valence-electron chi connectivity index (χ1n) is 12.3. The van der Waals surface area contributed by atoms with Crippen molar-refractivity contribution < 1.29 is 22.8 Å². The van der Waals surface area contributed by atoms with Gasteiger partial charge in [0.15, 0.2) is 5.82 Å². The Morgan fingerprint density at radius 3 is 2.54 bits per heavy atom. The van der Waals surface area contributed by atoms with Gasteiger partial charge in [0.25, 0.3) is 0 Å². The monoisotopic (exact) mass is 545 g/mol. The second kappa shape index (κ2) is 10.6. The highest BCUT2D eigenvalue weighted by Gasteiger charge is 2.34. The van der Waals surface area contributed by atoms with Crippen LogP contribution in [-0.4, -0.2) is 55.7 Å². The lowest BCUT2D eigenvalue weighted by molar-refractivity contribution is -0.141. The summed E-state index contributed by atoms with van der Waals surface area (Å²) in [6.07, 6.45) is -0.127. The number of nitrogens with one attached hydrogen (secondary N) is 1. The van der Waals surface area contributed by atoms with Crippen LogP contribution in [0.5, 0.6) is 0 Å². The summed E-state index contributed by atoms with van der Waals surface area (Å²) in [4.78, 5) is 41.5. The van der Waals surface area contributed by atoms with Crippen LogP contribution < -0.4 is 20.9 Å². The zero-order chi connectivity index (χ0) is 28.6. The number of hydrogen-bond donors (Lipinski definition) is 2. The number of aryl methyl sites for hydroxylation is 1. The number of carbonyl (C=O) groups is 2. The molecule has 208 valence electrons. The van der Waals surface area contributed by atoms with E-state index in [1.165, 1.54) is 15.6 Å². The summed E-state index contributed by atoms with van der Waals surface area (Å²) in [5, 5.41) is 7.11. The normalized spacial score (nSPS) is 16.2. The van der Waals surface area contributed by atoms with Crippen LogP contribution >= 0.6 is 0 Å². The molecule has 0 radical (unpaired) electrons. The molecule has 4 rings (SSSR count). The number of nitrogens with zero attached hydrogens (tertiary/aromatic N) is 7. The van der Waals surface area contributed by atoms with Gasteiger partial charge in [-0.25, -0.2) is 4.98 Å². The van der Waals surface area contributed by atoms with Crippen molar-refractivity contribution in [2.45, 2.75) is 59.0 Å². The number of likely N-dealkylation sites (N-methyl/N-ethyl adjacent to an activating group) is 1. The molecule has 2 atom stereocenters. The minimum Gasteiger partial charge on any atom is -0.346 e. The van der Waals surface area contributed by atoms with Crippen LogP contribution in [0, 0.1) is 12.8 Å². The second-order valence-corrected chi connectivity index (χ2v) is 9.87. The number of pyridine rings is 1. The van der Waals surface area contributed by atoms with Gasteiger partial charge < -0.3 is 16.0 Å². The molecule has 11 nitrogen and oxygen atoms in total. The van der Waals surface area contributed by atoms with Crippen LogP contribution in [0.2, 0.25) is 0 Å². The summed E-state index contributed by atoms with van der Waals surface area (Å²) in [6.45, 7) is 7.36. The van der Waals surface area contributed by atoms with Crippen molar-refractivity contribution in [1.82, 2.24) is 24.7 Å². The fourth-order valence-corrected chi connectivity index (χ4v) is 3.99. The molecule has 14 heteroatoms. The van der Waals surface area contributed by atoms with Gasteiger partial charge in [-0.2, -0.15) is 23.3 Å². The number of aromatic nitrogens is 5. The van der Waals surface area contributed by atoms with Crippen molar-refractivity contribution in [3.05, 3.63) is 53.2 Å². The highest BCUT2D eigenvalue weighted by molar-refractivity contribution is 6.03. The van der Waals surface area contributed by atoms with Gasteiger partial charge in [-0.3, -0.25) is 24.2 Å². The molecular weight excluding hydrogens is 515 g/mol. The molecule has 3 aromatic heterocycles. The van der Waals surface area contributed by atoms with Crippen molar-refractivity contribution in [1.29, 1.82) is 0 Å². The Labute approximate surface area is 223 Å². The van der Waals surface area contributed by atoms with Crippen LogP contribution in [0.3, 0.4) is 0 Å². The summed E-state index contributed by atoms with van der Waals surface area (Å²) >= 11 is 0. The van der Waals surface area contributed by atoms with Gasteiger partial charge >= 0.3 is 6.18 Å². The van der Waals surface area contributed by atoms with Crippen LogP contribution in [0.15, 0.2) is 30.7 Å². The van der Waals surface area contributed by atoms with E-state index in [4.69, 9.17) is 5.73 Å². The molecule has 2 amide bonds. The summed E-state index contributed by atoms with van der Waals surface area (Å²) < 4.78 is 40.0. The lowest BCUT2D eigenvalue weighted by atomic mass is 10.0. The van der Waals surface area contributed by atoms with E-state index in [1.807, 2.05) is 13.8 Å². The van der Waals surface area contributed by atoms with Gasteiger partial charge in [-0.05, 0) is 31.4 Å². The Morgan fingerprint density at radius 1 is 1.21 bits per heavy atom. The van der Waals surface area contributed by atoms with E-state index in [0.717, 1.165) is 12.3 Å². The van der Waals surface area contributed by atoms with Crippen molar-refractivity contribution in [3.63, 3.8) is 0 Å². The molecule has 0 aromatic carbocycles. The average Bonchev–Trinajstić information content (AvgIpc) is 3.32. The maximum absolute atomic E-state index is 13.5. The fourth-order valence-electron chi connectivity index (χ4n) is 3.99. The van der Waals surface area contributed by atoms with E-state index in [0.29, 0.717) is 28.3 Å². The van der Waals surface area contributed by atoms with E-state index in [9.17, 15) is 22.8 Å². The number of rotatable bonds is 7. The molecule has 1 aliphatic heterocycles. The lowest BCUT2D eigenvalue weighted by Gasteiger charge is -2.34. The maximum Gasteiger partial charge on any atom is 0.433 e. The Kier molecular flexibility index (Phi) is 7.59. The van der Waals surface area contributed by atoms with Gasteiger partial charge in [0, 0.05) is 25.0 Å². The Bertz CT molecular complexity index is 1370. The minimum atomic E-state index is -4.51. The molecule has 2 unspecified atom stereocenters. The van der Waals surface area contributed by atoms with Crippen molar-refractivity contribution >= 4 is 29.3 Å². The summed E-state index contributed by atoms with van der Waals surface area (Å²) in [5.74, 6) is -0.127. The average molecular weight is 546 g/mol.